The van der Waals surface area contributed by atoms with Crippen molar-refractivity contribution in [2.24, 2.45) is 5.92 Å². The first kappa shape index (κ1) is 11.7. The average Bonchev–Trinajstić information content (AvgIpc) is 2.30. The van der Waals surface area contributed by atoms with Gasteiger partial charge in [-0.2, -0.15) is 0 Å². The normalized spacial score (nSPS) is 17.9. The van der Waals surface area contributed by atoms with Gasteiger partial charge in [0, 0.05) is 0 Å². The van der Waals surface area contributed by atoms with Gasteiger partial charge in [-0.3, -0.25) is 0 Å². The van der Waals surface area contributed by atoms with Gasteiger partial charge in [0.15, 0.2) is 0 Å². The highest BCUT2D eigenvalue weighted by Crippen LogP contribution is 2.32. The summed E-state index contributed by atoms with van der Waals surface area (Å²) in [5, 5.41) is 0. The molecular formula is C16H23. The van der Waals surface area contributed by atoms with Crippen LogP contribution >= 0.6 is 0 Å². The van der Waals surface area contributed by atoms with E-state index in [0.29, 0.717) is 0 Å². The second kappa shape index (κ2) is 5.52. The van der Waals surface area contributed by atoms with Crippen LogP contribution in [0.3, 0.4) is 0 Å². The SMILES string of the molecule is CC(C)Cc1cc[c]c(C2CCCCC2)c1. The fourth-order valence-electron chi connectivity index (χ4n) is 2.78. The van der Waals surface area contributed by atoms with Gasteiger partial charge in [0.2, 0.25) is 0 Å². The van der Waals surface area contributed by atoms with Gasteiger partial charge < -0.3 is 0 Å². The highest BCUT2D eigenvalue weighted by atomic mass is 14.2. The molecule has 16 heavy (non-hydrogen) atoms. The van der Waals surface area contributed by atoms with E-state index < -0.39 is 0 Å². The van der Waals surface area contributed by atoms with E-state index in [-0.39, 0.29) is 0 Å². The Balaban J connectivity index is 2.08. The second-order valence-corrected chi connectivity index (χ2v) is 5.59. The smallest absolute Gasteiger partial charge is 0.0146 e. The molecule has 87 valence electrons. The van der Waals surface area contributed by atoms with Gasteiger partial charge in [-0.05, 0) is 48.3 Å². The Morgan fingerprint density at radius 2 is 2.00 bits per heavy atom. The molecule has 1 aromatic carbocycles. The van der Waals surface area contributed by atoms with E-state index in [9.17, 15) is 0 Å². The molecular weight excluding hydrogens is 192 g/mol. The molecule has 1 saturated carbocycles. The highest BCUT2D eigenvalue weighted by Gasteiger charge is 2.15. The fourth-order valence-corrected chi connectivity index (χ4v) is 2.78. The Labute approximate surface area is 100 Å². The van der Waals surface area contributed by atoms with Crippen molar-refractivity contribution in [2.75, 3.05) is 0 Å². The van der Waals surface area contributed by atoms with E-state index in [0.717, 1.165) is 11.8 Å². The monoisotopic (exact) mass is 215 g/mol. The number of rotatable bonds is 3. The van der Waals surface area contributed by atoms with Crippen molar-refractivity contribution in [3.05, 3.63) is 35.4 Å². The molecule has 0 bridgehead atoms. The van der Waals surface area contributed by atoms with Crippen LogP contribution in [0, 0.1) is 12.0 Å². The minimum atomic E-state index is 0.751. The maximum Gasteiger partial charge on any atom is -0.0146 e. The number of hydrogen-bond donors (Lipinski definition) is 0. The standard InChI is InChI=1S/C16H23/c1-13(2)11-14-7-6-10-16(12-14)15-8-4-3-5-9-15/h6-7,12-13,15H,3-5,8-9,11H2,1-2H3. The summed E-state index contributed by atoms with van der Waals surface area (Å²) in [6.07, 6.45) is 8.21. The summed E-state index contributed by atoms with van der Waals surface area (Å²) in [5.74, 6) is 1.54. The van der Waals surface area contributed by atoms with E-state index >= 15 is 0 Å². The molecule has 0 spiro atoms. The molecule has 0 atom stereocenters. The van der Waals surface area contributed by atoms with Crippen molar-refractivity contribution in [1.82, 2.24) is 0 Å². The maximum atomic E-state index is 3.45. The molecule has 0 aliphatic heterocycles. The van der Waals surface area contributed by atoms with E-state index in [1.807, 2.05) is 0 Å². The van der Waals surface area contributed by atoms with Crippen molar-refractivity contribution < 1.29 is 0 Å². The third-order valence-corrected chi connectivity index (χ3v) is 3.58. The molecule has 0 heterocycles. The zero-order valence-corrected chi connectivity index (χ0v) is 10.6. The molecule has 0 heteroatoms. The zero-order valence-electron chi connectivity index (χ0n) is 10.6. The van der Waals surface area contributed by atoms with Crippen molar-refractivity contribution in [3.8, 4) is 0 Å². The Morgan fingerprint density at radius 3 is 2.69 bits per heavy atom. The lowest BCUT2D eigenvalue weighted by atomic mass is 9.83. The van der Waals surface area contributed by atoms with Crippen molar-refractivity contribution in [2.45, 2.75) is 58.3 Å². The van der Waals surface area contributed by atoms with Crippen LogP contribution in [0.2, 0.25) is 0 Å². The van der Waals surface area contributed by atoms with Crippen LogP contribution in [0.4, 0.5) is 0 Å². The van der Waals surface area contributed by atoms with Gasteiger partial charge in [-0.25, -0.2) is 0 Å². The predicted octanol–water partition coefficient (Wildman–Crippen LogP) is 4.73. The number of benzene rings is 1. The first-order valence-corrected chi connectivity index (χ1v) is 6.76. The maximum absolute atomic E-state index is 3.45. The van der Waals surface area contributed by atoms with Crippen molar-refractivity contribution >= 4 is 0 Å². The molecule has 0 nitrogen and oxygen atoms in total. The lowest BCUT2D eigenvalue weighted by Crippen LogP contribution is -2.05. The minimum Gasteiger partial charge on any atom is -0.0625 e. The molecule has 0 amide bonds. The summed E-state index contributed by atoms with van der Waals surface area (Å²) in [6.45, 7) is 4.58. The Kier molecular flexibility index (Phi) is 4.04. The lowest BCUT2D eigenvalue weighted by molar-refractivity contribution is 0.443. The molecule has 2 rings (SSSR count). The van der Waals surface area contributed by atoms with Gasteiger partial charge in [0.05, 0.1) is 0 Å². The van der Waals surface area contributed by atoms with Gasteiger partial charge in [-0.15, -0.1) is 0 Å². The van der Waals surface area contributed by atoms with Gasteiger partial charge in [0.25, 0.3) is 0 Å². The van der Waals surface area contributed by atoms with E-state index in [4.69, 9.17) is 0 Å². The molecule has 1 aliphatic carbocycles. The van der Waals surface area contributed by atoms with Crippen LogP contribution in [0.1, 0.15) is 63.0 Å². The molecule has 0 saturated heterocycles. The molecule has 0 aromatic heterocycles. The van der Waals surface area contributed by atoms with Gasteiger partial charge in [0.1, 0.15) is 0 Å². The highest BCUT2D eigenvalue weighted by molar-refractivity contribution is 5.26. The van der Waals surface area contributed by atoms with E-state index in [1.54, 1.807) is 0 Å². The Bertz CT molecular complexity index is 319. The first-order valence-electron chi connectivity index (χ1n) is 6.76. The summed E-state index contributed by atoms with van der Waals surface area (Å²) in [6, 6.07) is 10.2. The van der Waals surface area contributed by atoms with E-state index in [2.05, 4.69) is 38.1 Å². The molecule has 1 aliphatic rings. The minimum absolute atomic E-state index is 0.751. The van der Waals surface area contributed by atoms with Gasteiger partial charge >= 0.3 is 0 Å². The van der Waals surface area contributed by atoms with Crippen LogP contribution in [0.25, 0.3) is 0 Å². The van der Waals surface area contributed by atoms with Crippen LogP contribution in [0.5, 0.6) is 0 Å². The first-order chi connectivity index (χ1) is 7.75. The van der Waals surface area contributed by atoms with Crippen LogP contribution in [-0.2, 0) is 6.42 Å². The molecule has 1 aromatic rings. The largest absolute Gasteiger partial charge is 0.0625 e. The summed E-state index contributed by atoms with van der Waals surface area (Å²) < 4.78 is 0. The summed E-state index contributed by atoms with van der Waals surface area (Å²) in [4.78, 5) is 0. The van der Waals surface area contributed by atoms with E-state index in [1.165, 1.54) is 49.7 Å². The quantitative estimate of drug-likeness (QED) is 0.683. The van der Waals surface area contributed by atoms with Crippen molar-refractivity contribution in [1.29, 1.82) is 0 Å². The number of hydrogen-bond acceptors (Lipinski definition) is 0. The summed E-state index contributed by atoms with van der Waals surface area (Å²) in [5.41, 5.74) is 2.96. The van der Waals surface area contributed by atoms with Crippen LogP contribution in [-0.4, -0.2) is 0 Å². The molecule has 1 radical (unpaired) electrons. The summed E-state index contributed by atoms with van der Waals surface area (Å²) >= 11 is 0. The summed E-state index contributed by atoms with van der Waals surface area (Å²) in [7, 11) is 0. The molecule has 0 N–H and O–H groups in total. The second-order valence-electron chi connectivity index (χ2n) is 5.59. The fraction of sp³-hybridized carbons (Fsp3) is 0.625. The molecule has 0 unspecified atom stereocenters. The van der Waals surface area contributed by atoms with Crippen molar-refractivity contribution in [3.63, 3.8) is 0 Å². The van der Waals surface area contributed by atoms with Gasteiger partial charge in [-0.1, -0.05) is 51.3 Å². The third-order valence-electron chi connectivity index (χ3n) is 3.58. The average molecular weight is 215 g/mol. The zero-order chi connectivity index (χ0) is 11.4. The predicted molar refractivity (Wildman–Crippen MR) is 69.6 cm³/mol. The Hall–Kier alpha value is -0.780. The topological polar surface area (TPSA) is 0 Å². The Morgan fingerprint density at radius 1 is 1.25 bits per heavy atom. The third kappa shape index (κ3) is 3.10. The lowest BCUT2D eigenvalue weighted by Gasteiger charge is -2.22. The van der Waals surface area contributed by atoms with Crippen LogP contribution in [0.15, 0.2) is 18.2 Å². The molecule has 1 fully saturated rings. The van der Waals surface area contributed by atoms with Crippen LogP contribution < -0.4 is 0 Å².